The lowest BCUT2D eigenvalue weighted by atomic mass is 10.1. The number of carboxylic acids is 2. The molecule has 0 aliphatic carbocycles. The summed E-state index contributed by atoms with van der Waals surface area (Å²) in [7, 11) is 3.92. The summed E-state index contributed by atoms with van der Waals surface area (Å²) in [5.74, 6) is -2.99. The van der Waals surface area contributed by atoms with Gasteiger partial charge in [-0.25, -0.2) is 18.8 Å². The van der Waals surface area contributed by atoms with Crippen LogP contribution in [0.4, 0.5) is 15.8 Å². The number of phenolic OH excluding ortho intramolecular Hbond substituents is 1. The van der Waals surface area contributed by atoms with Gasteiger partial charge >= 0.3 is 29.8 Å². The smallest absolute Gasteiger partial charge is 0.341 e. The number of nitrogens with zero attached hydrogens (tertiary/aromatic N) is 2. The lowest BCUT2D eigenvalue weighted by Gasteiger charge is -2.18. The predicted octanol–water partition coefficient (Wildman–Crippen LogP) is 29.1. The Morgan fingerprint density at radius 2 is 0.729 bits per heavy atom. The van der Waals surface area contributed by atoms with Crippen LogP contribution >= 0.6 is 203 Å². The maximum atomic E-state index is 13.0. The third-order valence-electron chi connectivity index (χ3n) is 19.0. The highest BCUT2D eigenvalue weighted by atomic mass is 79.9. The number of ether oxygens (including phenoxy) is 5. The molecule has 0 bridgehead atoms. The van der Waals surface area contributed by atoms with Crippen LogP contribution in [-0.4, -0.2) is 92.7 Å². The van der Waals surface area contributed by atoms with Gasteiger partial charge in [0.05, 0.1) is 101 Å². The Balaban J connectivity index is 0.000000149. The number of aromatic carboxylic acids is 1. The largest absolute Gasteiger partial charge is 0.506 e. The number of carbonyl (C=O) groups is 5. The number of phenols is 1. The highest BCUT2D eigenvalue weighted by molar-refractivity contribution is 9.11. The van der Waals surface area contributed by atoms with Crippen molar-refractivity contribution >= 4 is 310 Å². The SMILES string of the molecule is COC(=O)C1CCN(c2ccc3c(=O)c4cc(Cl)cc(Cl)c4oc3c2)C1.COC(=O)c1ccc(Br)cc1F.COC(=O)c1ccc(Br)cc1Oc1ccc(Cl)cc1Cl.O=C(O)C1CCN(c2ccc3c(=O)c4cc(Cl)cc(Cl)c4oc3c2)C1.O=C(O)c1ccc(Br)cc1Oc1ccc(Cl)cc1Cl.O=c1c2ccc(Br)cc2oc2c(Cl)cc(Cl)cc12.Oc1ccc(Cl)cc1Cl. The van der Waals surface area contributed by atoms with Crippen molar-refractivity contribution in [2.75, 3.05) is 57.3 Å². The first-order valence-corrected chi connectivity index (χ1v) is 44.9. The van der Waals surface area contributed by atoms with Gasteiger partial charge < -0.3 is 62.1 Å². The van der Waals surface area contributed by atoms with Crippen molar-refractivity contribution in [3.63, 3.8) is 0 Å². The number of hydrogen-bond acceptors (Lipinski definition) is 19. The Morgan fingerprint density at radius 1 is 0.372 bits per heavy atom. The summed E-state index contributed by atoms with van der Waals surface area (Å²) in [5.41, 5.74) is 3.83. The van der Waals surface area contributed by atoms with E-state index in [1.54, 1.807) is 146 Å². The second-order valence-corrected chi connectivity index (χ2v) is 36.2. The van der Waals surface area contributed by atoms with Gasteiger partial charge in [0.2, 0.25) is 16.3 Å². The fourth-order valence-electron chi connectivity index (χ4n) is 12.8. The quantitative estimate of drug-likeness (QED) is 0.0616. The van der Waals surface area contributed by atoms with Gasteiger partial charge in [-0.1, -0.05) is 203 Å². The standard InChI is InChI=1S/C19H15Cl2NO4.C18H13Cl2NO4.C14H9BrCl2O3.C13H7BrCl2O3.C13H5BrCl2O2.C8H6BrFO2.C6H4Cl2O/c1-25-19(24)10-4-5-22(9-10)12-2-3-13-16(8-12)26-18-14(17(13)23)6-11(20)7-15(18)21;19-10-5-13-16(22)12-2-1-11(21-4-3-9(8-21)18(23)24)7-15(12)25-17(13)14(20)6-10;1-19-14(18)10-4-2-8(15)6-13(10)20-12-5-3-9(16)7-11(12)17;14-7-1-3-9(13(17)18)12(5-7)19-11-4-2-8(15)6-10(11)16;14-6-1-2-8-11(3-6)18-13-9(12(8)17)4-7(15)5-10(13)16;1-12-8(11)6-3-2-5(9)4-7(6)10;7-4-1-2-6(9)5(8)3-4/h2-3,6-8,10H,4-5,9H2,1H3;1-2,5-7,9H,3-4,8H2,(H,23,24);2-7H,1H3;1-6H,(H,17,18);1-5H;2-4H,1H3;1-3,9H. The summed E-state index contributed by atoms with van der Waals surface area (Å²) in [6, 6.07) is 53.0. The van der Waals surface area contributed by atoms with E-state index in [0.29, 0.717) is 174 Å². The Kier molecular flexibility index (Phi) is 35.2. The van der Waals surface area contributed by atoms with Gasteiger partial charge in [-0.3, -0.25) is 24.0 Å². The van der Waals surface area contributed by atoms with Crippen molar-refractivity contribution in [1.82, 2.24) is 0 Å². The number of fused-ring (bicyclic) bond motifs is 6. The first-order valence-electron chi connectivity index (χ1n) is 37.2. The van der Waals surface area contributed by atoms with Gasteiger partial charge in [0.25, 0.3) is 0 Å². The lowest BCUT2D eigenvalue weighted by Crippen LogP contribution is -2.23. The first kappa shape index (κ1) is 100. The van der Waals surface area contributed by atoms with Gasteiger partial charge in [0, 0.05) is 97.7 Å². The van der Waals surface area contributed by atoms with Crippen LogP contribution in [0.15, 0.2) is 246 Å². The van der Waals surface area contributed by atoms with Crippen molar-refractivity contribution in [2.45, 2.75) is 12.8 Å². The van der Waals surface area contributed by atoms with Gasteiger partial charge in [-0.05, 0) is 201 Å². The number of carbonyl (C=O) groups excluding carboxylic acids is 3. The summed E-state index contributed by atoms with van der Waals surface area (Å²) in [5, 5.41) is 34.1. The molecule has 666 valence electrons. The summed E-state index contributed by atoms with van der Waals surface area (Å²) < 4.78 is 58.4. The molecule has 0 saturated carbocycles. The Morgan fingerprint density at radius 3 is 1.12 bits per heavy atom. The number of benzene rings is 12. The predicted molar refractivity (Wildman–Crippen MR) is 521 cm³/mol. The molecule has 0 radical (unpaired) electrons. The number of carboxylic acid groups (broad SMARTS) is 2. The number of aliphatic carboxylic acids is 1. The second-order valence-electron chi connectivity index (χ2n) is 27.5. The van der Waals surface area contributed by atoms with E-state index in [1.807, 2.05) is 17.0 Å². The third kappa shape index (κ3) is 25.5. The van der Waals surface area contributed by atoms with E-state index in [0.717, 1.165) is 33.3 Å². The van der Waals surface area contributed by atoms with Crippen LogP contribution in [0, 0.1) is 17.7 Å². The van der Waals surface area contributed by atoms with E-state index in [9.17, 15) is 42.7 Å². The Hall–Kier alpha value is -9.27. The molecule has 5 heterocycles. The molecule has 21 nitrogen and oxygen atoms in total. The zero-order valence-corrected chi connectivity index (χ0v) is 81.6. The van der Waals surface area contributed by atoms with Crippen LogP contribution in [0.25, 0.3) is 65.8 Å². The van der Waals surface area contributed by atoms with Crippen molar-refractivity contribution in [3.8, 4) is 28.7 Å². The molecule has 12 aromatic carbocycles. The molecular weight excluding hydrogens is 2190 g/mol. The van der Waals surface area contributed by atoms with Gasteiger partial charge in [-0.2, -0.15) is 0 Å². The fraction of sp³-hybridized carbons (Fsp3) is 0.121. The number of esters is 3. The number of rotatable bonds is 11. The molecule has 2 saturated heterocycles. The molecule has 38 heteroatoms. The lowest BCUT2D eigenvalue weighted by molar-refractivity contribution is -0.144. The first-order chi connectivity index (χ1) is 61.3. The summed E-state index contributed by atoms with van der Waals surface area (Å²) in [6.45, 7) is 2.40. The molecule has 0 amide bonds. The summed E-state index contributed by atoms with van der Waals surface area (Å²) >= 11 is 83.9. The summed E-state index contributed by atoms with van der Waals surface area (Å²) in [4.78, 5) is 98.4. The van der Waals surface area contributed by atoms with Crippen LogP contribution < -0.4 is 35.6 Å². The van der Waals surface area contributed by atoms with Crippen molar-refractivity contribution in [3.05, 3.63) is 332 Å². The van der Waals surface area contributed by atoms with Gasteiger partial charge in [0.1, 0.15) is 62.4 Å². The molecule has 2 unspecified atom stereocenters. The molecule has 2 fully saturated rings. The average molecular weight is 2250 g/mol. The van der Waals surface area contributed by atoms with Crippen molar-refractivity contribution < 1.29 is 80.6 Å². The van der Waals surface area contributed by atoms with Crippen LogP contribution in [-0.2, 0) is 23.8 Å². The maximum absolute atomic E-state index is 13.0. The monoisotopic (exact) mass is 2240 g/mol. The van der Waals surface area contributed by atoms with Gasteiger partial charge in [0.15, 0.2) is 16.7 Å². The molecule has 2 aliphatic heterocycles. The molecule has 3 aromatic heterocycles. The molecule has 17 rings (SSSR count). The minimum atomic E-state index is -1.08. The molecule has 129 heavy (non-hydrogen) atoms. The second kappa shape index (κ2) is 45.2. The zero-order valence-electron chi connectivity index (χ0n) is 66.1. The van der Waals surface area contributed by atoms with Crippen LogP contribution in [0.5, 0.6) is 28.7 Å². The molecular formula is C91H59Br4Cl12FN2O19. The minimum Gasteiger partial charge on any atom is -0.506 e. The molecule has 2 aliphatic rings. The Bertz CT molecular complexity index is 7100. The van der Waals surface area contributed by atoms with E-state index in [2.05, 4.69) is 73.4 Å². The van der Waals surface area contributed by atoms with Crippen molar-refractivity contribution in [1.29, 1.82) is 0 Å². The highest BCUT2D eigenvalue weighted by Gasteiger charge is 2.31. The van der Waals surface area contributed by atoms with Crippen LogP contribution in [0.3, 0.4) is 0 Å². The third-order valence-corrected chi connectivity index (χ3v) is 24.1. The van der Waals surface area contributed by atoms with E-state index < -0.39 is 29.7 Å². The van der Waals surface area contributed by atoms with E-state index >= 15 is 0 Å². The Labute approximate surface area is 824 Å². The molecule has 0 spiro atoms. The molecule has 2 atom stereocenters. The normalized spacial score (nSPS) is 13.1. The number of anilines is 2. The topological polar surface area (TPSA) is 289 Å². The number of methoxy groups -OCH3 is 3. The van der Waals surface area contributed by atoms with Crippen LogP contribution in [0.2, 0.25) is 60.3 Å². The minimum absolute atomic E-state index is 0.0502. The van der Waals surface area contributed by atoms with E-state index in [1.165, 1.54) is 63.8 Å². The van der Waals surface area contributed by atoms with Crippen molar-refractivity contribution in [2.24, 2.45) is 11.8 Å². The van der Waals surface area contributed by atoms with Gasteiger partial charge in [-0.15, -0.1) is 0 Å². The molecule has 3 N–H and O–H groups in total. The van der Waals surface area contributed by atoms with E-state index in [4.69, 9.17) is 187 Å². The fourth-order valence-corrected chi connectivity index (χ4v) is 17.0. The van der Waals surface area contributed by atoms with Crippen LogP contribution in [0.1, 0.15) is 43.9 Å². The number of halogens is 17. The maximum Gasteiger partial charge on any atom is 0.341 e. The zero-order chi connectivity index (χ0) is 93.7. The number of hydrogen-bond donors (Lipinski definition) is 3. The average Bonchev–Trinajstić information content (AvgIpc) is 1.55. The molecule has 15 aromatic rings. The number of aromatic hydroxyl groups is 1. The van der Waals surface area contributed by atoms with E-state index in [-0.39, 0.29) is 66.8 Å². The summed E-state index contributed by atoms with van der Waals surface area (Å²) in [6.07, 6.45) is 1.33. The highest BCUT2D eigenvalue weighted by Crippen LogP contribution is 2.40.